The Hall–Kier alpha value is -3.09. The second kappa shape index (κ2) is 7.00. The first kappa shape index (κ1) is 18.9. The molecule has 0 spiro atoms. The summed E-state index contributed by atoms with van der Waals surface area (Å²) in [6.45, 7) is 7.91. The van der Waals surface area contributed by atoms with Crippen molar-refractivity contribution in [2.24, 2.45) is 11.3 Å². The number of rotatable bonds is 3. The number of hydrogen-bond acceptors (Lipinski definition) is 6. The van der Waals surface area contributed by atoms with E-state index >= 15 is 0 Å². The van der Waals surface area contributed by atoms with Crippen LogP contribution >= 0.6 is 0 Å². The Morgan fingerprint density at radius 3 is 2.47 bits per heavy atom. The molecule has 5 rings (SSSR count). The van der Waals surface area contributed by atoms with E-state index in [-0.39, 0.29) is 11.8 Å². The van der Waals surface area contributed by atoms with Crippen molar-refractivity contribution in [3.05, 3.63) is 54.0 Å². The number of aromatic nitrogens is 4. The van der Waals surface area contributed by atoms with Gasteiger partial charge in [0.1, 0.15) is 11.6 Å². The van der Waals surface area contributed by atoms with Crippen molar-refractivity contribution in [1.29, 1.82) is 0 Å². The van der Waals surface area contributed by atoms with Gasteiger partial charge >= 0.3 is 0 Å². The normalized spacial score (nSPS) is 22.8. The molecule has 0 radical (unpaired) electrons. The van der Waals surface area contributed by atoms with E-state index in [1.54, 1.807) is 17.3 Å². The highest BCUT2D eigenvalue weighted by Gasteiger charge is 2.52. The summed E-state index contributed by atoms with van der Waals surface area (Å²) in [5.41, 5.74) is 2.49. The summed E-state index contributed by atoms with van der Waals surface area (Å²) in [6.07, 6.45) is 14.6. The Morgan fingerprint density at radius 1 is 1.03 bits per heavy atom. The zero-order valence-corrected chi connectivity index (χ0v) is 17.7. The Kier molecular flexibility index (Phi) is 4.41. The molecule has 7 nitrogen and oxygen atoms in total. The van der Waals surface area contributed by atoms with Crippen LogP contribution in [0.25, 0.3) is 5.57 Å². The summed E-state index contributed by atoms with van der Waals surface area (Å²) in [5, 5.41) is 0. The fourth-order valence-electron chi connectivity index (χ4n) is 4.65. The number of fused-ring (bicyclic) bond motifs is 1. The average Bonchev–Trinajstić information content (AvgIpc) is 3.35. The van der Waals surface area contributed by atoms with E-state index in [0.29, 0.717) is 5.82 Å². The van der Waals surface area contributed by atoms with Crippen LogP contribution in [-0.2, 0) is 4.79 Å². The molecular weight excluding hydrogens is 376 g/mol. The molecule has 1 aliphatic carbocycles. The van der Waals surface area contributed by atoms with Crippen molar-refractivity contribution in [1.82, 2.24) is 19.9 Å². The largest absolute Gasteiger partial charge is 0.355 e. The van der Waals surface area contributed by atoms with Crippen LogP contribution in [0.15, 0.2) is 42.6 Å². The molecule has 154 valence electrons. The number of hydrogen-bond donors (Lipinski definition) is 0. The molecule has 1 amide bonds. The van der Waals surface area contributed by atoms with E-state index in [4.69, 9.17) is 4.98 Å². The molecule has 2 saturated heterocycles. The van der Waals surface area contributed by atoms with Gasteiger partial charge in [-0.1, -0.05) is 19.9 Å². The topological polar surface area (TPSA) is 75.1 Å². The lowest BCUT2D eigenvalue weighted by molar-refractivity contribution is -0.125. The molecule has 2 fully saturated rings. The molecule has 30 heavy (non-hydrogen) atoms. The fourth-order valence-corrected chi connectivity index (χ4v) is 4.65. The number of allylic oxidation sites excluding steroid dienone is 4. The van der Waals surface area contributed by atoms with Crippen molar-refractivity contribution in [2.75, 3.05) is 22.9 Å². The molecule has 4 heterocycles. The first-order valence-electron chi connectivity index (χ1n) is 10.6. The molecule has 0 bridgehead atoms. The quantitative estimate of drug-likeness (QED) is 0.782. The van der Waals surface area contributed by atoms with Crippen molar-refractivity contribution >= 4 is 23.1 Å². The van der Waals surface area contributed by atoms with E-state index < -0.39 is 5.41 Å². The minimum absolute atomic E-state index is 0.0708. The minimum atomic E-state index is -0.497. The molecule has 0 saturated carbocycles. The molecule has 1 unspecified atom stereocenters. The van der Waals surface area contributed by atoms with Gasteiger partial charge < -0.3 is 4.90 Å². The maximum atomic E-state index is 13.5. The van der Waals surface area contributed by atoms with Crippen LogP contribution in [0.1, 0.15) is 44.5 Å². The molecule has 2 aliphatic heterocycles. The molecule has 0 aromatic carbocycles. The highest BCUT2D eigenvalue weighted by atomic mass is 16.2. The lowest BCUT2D eigenvalue weighted by atomic mass is 9.75. The summed E-state index contributed by atoms with van der Waals surface area (Å²) in [6, 6.07) is 0. The predicted molar refractivity (Wildman–Crippen MR) is 116 cm³/mol. The van der Waals surface area contributed by atoms with Gasteiger partial charge in [-0.15, -0.1) is 0 Å². The predicted octanol–water partition coefficient (Wildman–Crippen LogP) is 3.54. The van der Waals surface area contributed by atoms with Crippen LogP contribution in [0.5, 0.6) is 0 Å². The second-order valence-corrected chi connectivity index (χ2v) is 8.83. The van der Waals surface area contributed by atoms with Gasteiger partial charge in [0.25, 0.3) is 0 Å². The average molecular weight is 403 g/mol. The Morgan fingerprint density at radius 2 is 1.73 bits per heavy atom. The second-order valence-electron chi connectivity index (χ2n) is 8.83. The number of amides is 1. The van der Waals surface area contributed by atoms with E-state index in [9.17, 15) is 4.79 Å². The summed E-state index contributed by atoms with van der Waals surface area (Å²) in [5.74, 6) is 2.37. The summed E-state index contributed by atoms with van der Waals surface area (Å²) < 4.78 is 0. The highest BCUT2D eigenvalue weighted by Crippen LogP contribution is 2.50. The Bertz CT molecular complexity index is 1050. The third kappa shape index (κ3) is 3.00. The standard InChI is InChI=1S/C23H26N6O/c1-15-25-11-17(12-26-15)16-6-7-18-19(10-16)29(22(30)23(18,2)3)21-14-24-13-20(27-21)28-8-4-5-9-28/h6,10-14,18H,4-5,7-9H2,1-3H3. The molecule has 2 aromatic rings. The van der Waals surface area contributed by atoms with Crippen molar-refractivity contribution in [3.8, 4) is 0 Å². The highest BCUT2D eigenvalue weighted by molar-refractivity contribution is 6.04. The van der Waals surface area contributed by atoms with Crippen LogP contribution < -0.4 is 9.80 Å². The summed E-state index contributed by atoms with van der Waals surface area (Å²) in [4.78, 5) is 35.4. The van der Waals surface area contributed by atoms with Crippen LogP contribution in [0.3, 0.4) is 0 Å². The number of carbonyl (C=O) groups is 1. The summed E-state index contributed by atoms with van der Waals surface area (Å²) in [7, 11) is 0. The van der Waals surface area contributed by atoms with Gasteiger partial charge in [-0.25, -0.2) is 15.0 Å². The van der Waals surface area contributed by atoms with Crippen LogP contribution in [0.2, 0.25) is 0 Å². The molecule has 0 N–H and O–H groups in total. The van der Waals surface area contributed by atoms with E-state index in [2.05, 4.69) is 32.0 Å². The monoisotopic (exact) mass is 402 g/mol. The van der Waals surface area contributed by atoms with Crippen LogP contribution in [0, 0.1) is 18.3 Å². The minimum Gasteiger partial charge on any atom is -0.355 e. The smallest absolute Gasteiger partial charge is 0.238 e. The maximum absolute atomic E-state index is 13.5. The molecule has 3 aliphatic rings. The zero-order chi connectivity index (χ0) is 20.9. The summed E-state index contributed by atoms with van der Waals surface area (Å²) >= 11 is 0. The van der Waals surface area contributed by atoms with Gasteiger partial charge in [-0.2, -0.15) is 0 Å². The van der Waals surface area contributed by atoms with Gasteiger partial charge in [0.15, 0.2) is 5.82 Å². The number of anilines is 2. The first-order valence-corrected chi connectivity index (χ1v) is 10.6. The Balaban J connectivity index is 1.55. The molecular formula is C23H26N6O. The number of carbonyl (C=O) groups excluding carboxylic acids is 1. The SMILES string of the molecule is Cc1ncc(C2=CCC3C(=C2)N(c2cncc(N4CCCC4)n2)C(=O)C3(C)C)cn1. The number of aryl methyl sites for hydroxylation is 1. The van der Waals surface area contributed by atoms with Gasteiger partial charge in [-0.3, -0.25) is 14.7 Å². The van der Waals surface area contributed by atoms with Crippen molar-refractivity contribution in [3.63, 3.8) is 0 Å². The van der Waals surface area contributed by atoms with Crippen LogP contribution in [0.4, 0.5) is 11.6 Å². The van der Waals surface area contributed by atoms with E-state index in [1.165, 1.54) is 12.8 Å². The lowest BCUT2D eigenvalue weighted by Gasteiger charge is -2.26. The lowest BCUT2D eigenvalue weighted by Crippen LogP contribution is -2.32. The van der Waals surface area contributed by atoms with Gasteiger partial charge in [0, 0.05) is 42.7 Å². The zero-order valence-electron chi connectivity index (χ0n) is 17.7. The van der Waals surface area contributed by atoms with Crippen molar-refractivity contribution < 1.29 is 4.79 Å². The first-order chi connectivity index (χ1) is 14.4. The fraction of sp³-hybridized carbons (Fsp3) is 0.435. The molecule has 2 aromatic heterocycles. The Labute approximate surface area is 176 Å². The molecule has 1 atom stereocenters. The van der Waals surface area contributed by atoms with E-state index in [0.717, 1.165) is 48.0 Å². The van der Waals surface area contributed by atoms with Gasteiger partial charge in [-0.05, 0) is 37.8 Å². The third-order valence-corrected chi connectivity index (χ3v) is 6.50. The molecule has 7 heteroatoms. The van der Waals surface area contributed by atoms with Crippen LogP contribution in [-0.4, -0.2) is 38.9 Å². The van der Waals surface area contributed by atoms with Gasteiger partial charge in [0.2, 0.25) is 5.91 Å². The number of nitrogens with zero attached hydrogens (tertiary/aromatic N) is 6. The van der Waals surface area contributed by atoms with Crippen molar-refractivity contribution in [2.45, 2.75) is 40.0 Å². The van der Waals surface area contributed by atoms with Gasteiger partial charge in [0.05, 0.1) is 17.8 Å². The maximum Gasteiger partial charge on any atom is 0.238 e. The third-order valence-electron chi connectivity index (χ3n) is 6.50. The van der Waals surface area contributed by atoms with E-state index in [1.807, 2.05) is 33.2 Å².